The lowest BCUT2D eigenvalue weighted by Crippen LogP contribution is -2.54. The highest BCUT2D eigenvalue weighted by Crippen LogP contribution is 2.30. The Bertz CT molecular complexity index is 417. The molecule has 1 aromatic carbocycles. The van der Waals surface area contributed by atoms with E-state index in [4.69, 9.17) is 0 Å². The quantitative estimate of drug-likeness (QED) is 0.793. The molecule has 96 valence electrons. The fraction of sp³-hybridized carbons (Fsp3) is 0.533. The molecule has 3 rings (SSSR count). The average Bonchev–Trinajstić information content (AvgIpc) is 2.63. The summed E-state index contributed by atoms with van der Waals surface area (Å²) < 4.78 is 0. The van der Waals surface area contributed by atoms with E-state index in [1.165, 1.54) is 18.4 Å². The van der Waals surface area contributed by atoms with Gasteiger partial charge in [0.1, 0.15) is 0 Å². The monoisotopic (exact) mass is 244 g/mol. The van der Waals surface area contributed by atoms with Gasteiger partial charge in [0.05, 0.1) is 0 Å². The number of benzene rings is 1. The van der Waals surface area contributed by atoms with Crippen molar-refractivity contribution in [1.29, 1.82) is 0 Å². The molecule has 2 bridgehead atoms. The van der Waals surface area contributed by atoms with Gasteiger partial charge in [-0.25, -0.2) is 0 Å². The van der Waals surface area contributed by atoms with E-state index in [1.54, 1.807) is 6.92 Å². The SMILES string of the molecule is CC(=O)N1[C@@H]2CC[C@H]1CN(Cc1ccccc1)C2. The maximum absolute atomic E-state index is 11.6. The summed E-state index contributed by atoms with van der Waals surface area (Å²) in [6.07, 6.45) is 2.35. The molecule has 2 atom stereocenters. The molecule has 0 radical (unpaired) electrons. The Balaban J connectivity index is 1.67. The van der Waals surface area contributed by atoms with Crippen LogP contribution in [0.25, 0.3) is 0 Å². The molecule has 0 spiro atoms. The second-order valence-electron chi connectivity index (χ2n) is 5.49. The van der Waals surface area contributed by atoms with Crippen molar-refractivity contribution >= 4 is 5.91 Å². The Morgan fingerprint density at radius 3 is 2.33 bits per heavy atom. The van der Waals surface area contributed by atoms with E-state index >= 15 is 0 Å². The van der Waals surface area contributed by atoms with E-state index in [0.29, 0.717) is 12.1 Å². The van der Waals surface area contributed by atoms with Crippen LogP contribution in [-0.2, 0) is 11.3 Å². The van der Waals surface area contributed by atoms with Crippen LogP contribution in [0, 0.1) is 0 Å². The lowest BCUT2D eigenvalue weighted by molar-refractivity contribution is -0.134. The van der Waals surface area contributed by atoms with E-state index in [1.807, 2.05) is 0 Å². The normalized spacial score (nSPS) is 27.5. The largest absolute Gasteiger partial charge is 0.334 e. The number of rotatable bonds is 2. The Labute approximate surface area is 108 Å². The molecule has 18 heavy (non-hydrogen) atoms. The molecule has 3 heteroatoms. The topological polar surface area (TPSA) is 23.6 Å². The van der Waals surface area contributed by atoms with Crippen LogP contribution in [-0.4, -0.2) is 40.9 Å². The van der Waals surface area contributed by atoms with Crippen molar-refractivity contribution in [3.05, 3.63) is 35.9 Å². The van der Waals surface area contributed by atoms with Gasteiger partial charge in [-0.1, -0.05) is 30.3 Å². The number of carbonyl (C=O) groups excluding carboxylic acids is 1. The zero-order valence-electron chi connectivity index (χ0n) is 10.9. The van der Waals surface area contributed by atoms with E-state index in [9.17, 15) is 4.79 Å². The lowest BCUT2D eigenvalue weighted by Gasteiger charge is -2.40. The molecule has 2 fully saturated rings. The van der Waals surface area contributed by atoms with Crippen LogP contribution in [0.15, 0.2) is 30.3 Å². The fourth-order valence-electron chi connectivity index (χ4n) is 3.48. The van der Waals surface area contributed by atoms with E-state index in [-0.39, 0.29) is 5.91 Å². The molecule has 3 nitrogen and oxygen atoms in total. The van der Waals surface area contributed by atoms with Crippen molar-refractivity contribution in [3.63, 3.8) is 0 Å². The van der Waals surface area contributed by atoms with Gasteiger partial charge in [0.25, 0.3) is 0 Å². The summed E-state index contributed by atoms with van der Waals surface area (Å²) in [6.45, 7) is 4.79. The van der Waals surface area contributed by atoms with Crippen LogP contribution < -0.4 is 0 Å². The van der Waals surface area contributed by atoms with Gasteiger partial charge >= 0.3 is 0 Å². The molecule has 2 aliphatic heterocycles. The molecule has 0 aliphatic carbocycles. The molecule has 1 amide bonds. The predicted molar refractivity (Wildman–Crippen MR) is 71.0 cm³/mol. The van der Waals surface area contributed by atoms with Crippen LogP contribution in [0.4, 0.5) is 0 Å². The summed E-state index contributed by atoms with van der Waals surface area (Å²) in [5.74, 6) is 0.252. The van der Waals surface area contributed by atoms with Gasteiger partial charge in [-0.2, -0.15) is 0 Å². The smallest absolute Gasteiger partial charge is 0.220 e. The molecular weight excluding hydrogens is 224 g/mol. The van der Waals surface area contributed by atoms with Gasteiger partial charge in [0, 0.05) is 38.6 Å². The number of likely N-dealkylation sites (tertiary alicyclic amines) is 1. The molecule has 0 saturated carbocycles. The van der Waals surface area contributed by atoms with Crippen LogP contribution in [0.2, 0.25) is 0 Å². The Hall–Kier alpha value is -1.35. The summed E-state index contributed by atoms with van der Waals surface area (Å²) in [5.41, 5.74) is 1.37. The van der Waals surface area contributed by atoms with Gasteiger partial charge in [0.15, 0.2) is 0 Å². The molecule has 2 saturated heterocycles. The predicted octanol–water partition coefficient (Wildman–Crippen LogP) is 1.88. The van der Waals surface area contributed by atoms with Crippen LogP contribution in [0.3, 0.4) is 0 Å². The highest BCUT2D eigenvalue weighted by atomic mass is 16.2. The minimum absolute atomic E-state index is 0.252. The number of piperazine rings is 1. The Morgan fingerprint density at radius 1 is 1.17 bits per heavy atom. The van der Waals surface area contributed by atoms with E-state index in [0.717, 1.165) is 19.6 Å². The molecule has 1 aromatic rings. The molecule has 0 N–H and O–H groups in total. The number of hydrogen-bond donors (Lipinski definition) is 0. The highest BCUT2D eigenvalue weighted by Gasteiger charge is 2.40. The summed E-state index contributed by atoms with van der Waals surface area (Å²) in [5, 5.41) is 0. The van der Waals surface area contributed by atoms with E-state index < -0.39 is 0 Å². The van der Waals surface area contributed by atoms with Gasteiger partial charge in [-0.05, 0) is 18.4 Å². The van der Waals surface area contributed by atoms with Gasteiger partial charge in [-0.3, -0.25) is 9.69 Å². The standard InChI is InChI=1S/C15H20N2O/c1-12(18)17-14-7-8-15(17)11-16(10-14)9-13-5-3-2-4-6-13/h2-6,14-15H,7-11H2,1H3/t14-,15+. The van der Waals surface area contributed by atoms with Gasteiger partial charge < -0.3 is 4.90 Å². The maximum Gasteiger partial charge on any atom is 0.220 e. The highest BCUT2D eigenvalue weighted by molar-refractivity contribution is 5.74. The number of nitrogens with zero attached hydrogens (tertiary/aromatic N) is 2. The third-order valence-corrected chi connectivity index (χ3v) is 4.17. The third kappa shape index (κ3) is 2.15. The second kappa shape index (κ2) is 4.73. The second-order valence-corrected chi connectivity index (χ2v) is 5.49. The number of amides is 1. The van der Waals surface area contributed by atoms with Crippen LogP contribution >= 0.6 is 0 Å². The van der Waals surface area contributed by atoms with Crippen molar-refractivity contribution in [2.24, 2.45) is 0 Å². The van der Waals surface area contributed by atoms with Crippen molar-refractivity contribution < 1.29 is 4.79 Å². The zero-order chi connectivity index (χ0) is 12.5. The third-order valence-electron chi connectivity index (χ3n) is 4.17. The van der Waals surface area contributed by atoms with Gasteiger partial charge in [0.2, 0.25) is 5.91 Å². The molecule has 2 heterocycles. The van der Waals surface area contributed by atoms with Crippen molar-refractivity contribution in [1.82, 2.24) is 9.80 Å². The maximum atomic E-state index is 11.6. The first-order valence-corrected chi connectivity index (χ1v) is 6.79. The first-order valence-electron chi connectivity index (χ1n) is 6.79. The summed E-state index contributed by atoms with van der Waals surface area (Å²) in [4.78, 5) is 16.2. The van der Waals surface area contributed by atoms with E-state index in [2.05, 4.69) is 40.1 Å². The summed E-state index contributed by atoms with van der Waals surface area (Å²) in [6, 6.07) is 11.5. The van der Waals surface area contributed by atoms with Crippen LogP contribution in [0.5, 0.6) is 0 Å². The summed E-state index contributed by atoms with van der Waals surface area (Å²) in [7, 11) is 0. The lowest BCUT2D eigenvalue weighted by atomic mass is 10.1. The molecule has 0 unspecified atom stereocenters. The van der Waals surface area contributed by atoms with Crippen molar-refractivity contribution in [3.8, 4) is 0 Å². The average molecular weight is 244 g/mol. The minimum Gasteiger partial charge on any atom is -0.334 e. The molecule has 0 aromatic heterocycles. The first kappa shape index (κ1) is 11.7. The zero-order valence-corrected chi connectivity index (χ0v) is 10.9. The molecular formula is C15H20N2O. The number of fused-ring (bicyclic) bond motifs is 2. The molecule has 2 aliphatic rings. The number of carbonyl (C=O) groups is 1. The number of hydrogen-bond acceptors (Lipinski definition) is 2. The summed E-state index contributed by atoms with van der Waals surface area (Å²) >= 11 is 0. The fourth-order valence-corrected chi connectivity index (χ4v) is 3.48. The van der Waals surface area contributed by atoms with Gasteiger partial charge in [-0.15, -0.1) is 0 Å². The Kier molecular flexibility index (Phi) is 3.08. The van der Waals surface area contributed by atoms with Crippen LogP contribution in [0.1, 0.15) is 25.3 Å². The van der Waals surface area contributed by atoms with Crippen molar-refractivity contribution in [2.45, 2.75) is 38.4 Å². The first-order chi connectivity index (χ1) is 8.74. The Morgan fingerprint density at radius 2 is 1.78 bits per heavy atom. The minimum atomic E-state index is 0.252. The van der Waals surface area contributed by atoms with Crippen molar-refractivity contribution in [2.75, 3.05) is 13.1 Å².